The normalized spacial score (nSPS) is 14.7. The van der Waals surface area contributed by atoms with Crippen molar-refractivity contribution in [1.29, 1.82) is 0 Å². The number of allylic oxidation sites excluding steroid dienone is 1. The fourth-order valence-corrected chi connectivity index (χ4v) is 3.49. The van der Waals surface area contributed by atoms with Crippen molar-refractivity contribution in [1.82, 2.24) is 0 Å². The summed E-state index contributed by atoms with van der Waals surface area (Å²) in [6.07, 6.45) is 5.59. The molecule has 1 aliphatic heterocycles. The first-order valence-electron chi connectivity index (χ1n) is 9.53. The third-order valence-corrected chi connectivity index (χ3v) is 4.93. The maximum absolute atomic E-state index is 12.1. The van der Waals surface area contributed by atoms with Gasteiger partial charge in [0.1, 0.15) is 12.4 Å². The van der Waals surface area contributed by atoms with E-state index in [2.05, 4.69) is 17.0 Å². The van der Waals surface area contributed by atoms with Gasteiger partial charge in [0, 0.05) is 24.8 Å². The van der Waals surface area contributed by atoms with Crippen molar-refractivity contribution in [3.8, 4) is 5.75 Å². The molecule has 0 amide bonds. The highest BCUT2D eigenvalue weighted by Gasteiger charge is 2.15. The van der Waals surface area contributed by atoms with Gasteiger partial charge in [0.2, 0.25) is 0 Å². The van der Waals surface area contributed by atoms with Crippen LogP contribution < -0.4 is 9.64 Å². The molecule has 27 heavy (non-hydrogen) atoms. The maximum atomic E-state index is 12.1. The number of ether oxygens (including phenoxy) is 2. The molecule has 142 valence electrons. The third kappa shape index (κ3) is 4.70. The number of rotatable bonds is 6. The zero-order valence-electron chi connectivity index (χ0n) is 16.1. The van der Waals surface area contributed by atoms with E-state index in [-0.39, 0.29) is 5.97 Å². The van der Waals surface area contributed by atoms with Crippen LogP contribution in [0.15, 0.2) is 54.6 Å². The third-order valence-electron chi connectivity index (χ3n) is 4.93. The number of benzene rings is 2. The van der Waals surface area contributed by atoms with E-state index in [1.54, 1.807) is 6.08 Å². The van der Waals surface area contributed by atoms with E-state index in [0.717, 1.165) is 30.0 Å². The maximum Gasteiger partial charge on any atom is 0.338 e. The molecule has 0 atom stereocenters. The molecule has 2 aromatic rings. The summed E-state index contributed by atoms with van der Waals surface area (Å²) >= 11 is 0. The van der Waals surface area contributed by atoms with Crippen molar-refractivity contribution in [2.75, 3.05) is 25.1 Å². The number of carbonyl (C=O) groups is 1. The molecule has 0 bridgehead atoms. The Balaban J connectivity index is 1.75. The number of nitrogens with zero attached hydrogens (tertiary/aromatic N) is 1. The molecule has 0 aromatic heterocycles. The quantitative estimate of drug-likeness (QED) is 0.543. The van der Waals surface area contributed by atoms with Crippen LogP contribution in [0.3, 0.4) is 0 Å². The minimum Gasteiger partial charge on any atom is -0.489 e. The second-order valence-corrected chi connectivity index (χ2v) is 6.68. The Morgan fingerprint density at radius 1 is 1.07 bits per heavy atom. The summed E-state index contributed by atoms with van der Waals surface area (Å²) in [5, 5.41) is 0. The van der Waals surface area contributed by atoms with Crippen LogP contribution in [0.4, 0.5) is 5.69 Å². The lowest BCUT2D eigenvalue weighted by Crippen LogP contribution is -2.29. The molecule has 0 saturated carbocycles. The second-order valence-electron chi connectivity index (χ2n) is 6.68. The van der Waals surface area contributed by atoms with Crippen molar-refractivity contribution >= 4 is 17.2 Å². The first-order chi connectivity index (χ1) is 13.2. The number of carbonyl (C=O) groups excluding carboxylic acids is 1. The summed E-state index contributed by atoms with van der Waals surface area (Å²) in [5.41, 5.74) is 3.57. The van der Waals surface area contributed by atoms with Crippen molar-refractivity contribution in [2.24, 2.45) is 0 Å². The van der Waals surface area contributed by atoms with Crippen LogP contribution in [0.5, 0.6) is 5.75 Å². The molecule has 1 saturated heterocycles. The molecule has 4 heteroatoms. The number of anilines is 1. The molecular formula is C23H27NO3. The topological polar surface area (TPSA) is 38.8 Å². The summed E-state index contributed by atoms with van der Waals surface area (Å²) in [6.45, 7) is 4.45. The Kier molecular flexibility index (Phi) is 6.53. The Hall–Kier alpha value is -2.75. The minimum absolute atomic E-state index is 0.336. The number of hydrogen-bond donors (Lipinski definition) is 0. The predicted molar refractivity (Wildman–Crippen MR) is 109 cm³/mol. The van der Waals surface area contributed by atoms with Gasteiger partial charge in [0.15, 0.2) is 0 Å². The highest BCUT2D eigenvalue weighted by molar-refractivity contribution is 6.16. The van der Waals surface area contributed by atoms with E-state index in [1.165, 1.54) is 32.1 Å². The van der Waals surface area contributed by atoms with Gasteiger partial charge >= 0.3 is 5.97 Å². The first-order valence-corrected chi connectivity index (χ1v) is 9.53. The van der Waals surface area contributed by atoms with Crippen LogP contribution in [0.25, 0.3) is 5.57 Å². The molecule has 0 radical (unpaired) electrons. The molecule has 2 aromatic carbocycles. The average molecular weight is 365 g/mol. The van der Waals surface area contributed by atoms with Gasteiger partial charge in [-0.2, -0.15) is 0 Å². The molecule has 1 aliphatic rings. The minimum atomic E-state index is -0.336. The van der Waals surface area contributed by atoms with Gasteiger partial charge in [-0.3, -0.25) is 0 Å². The van der Waals surface area contributed by atoms with Crippen molar-refractivity contribution in [3.05, 3.63) is 65.7 Å². The second kappa shape index (κ2) is 9.26. The summed E-state index contributed by atoms with van der Waals surface area (Å²) in [5.74, 6) is 0.505. The first kappa shape index (κ1) is 19.0. The average Bonchev–Trinajstić information content (AvgIpc) is 2.74. The van der Waals surface area contributed by atoms with Gasteiger partial charge in [0.25, 0.3) is 0 Å². The van der Waals surface area contributed by atoms with Gasteiger partial charge in [-0.1, -0.05) is 36.4 Å². The molecule has 1 fully saturated rings. The van der Waals surface area contributed by atoms with E-state index < -0.39 is 0 Å². The lowest BCUT2D eigenvalue weighted by atomic mass is 10.00. The van der Waals surface area contributed by atoms with E-state index in [1.807, 2.05) is 43.3 Å². The highest BCUT2D eigenvalue weighted by atomic mass is 16.5. The Morgan fingerprint density at radius 3 is 2.59 bits per heavy atom. The standard InChI is InChI=1S/C23H27NO3/c1-3-21(23(25)26-2)22-13-6-5-10-18(22)17-27-20-12-9-11-19(16-20)24-14-7-4-8-15-24/h3,5-6,9-13,16H,4,7-8,14-15,17H2,1-2H3. The zero-order valence-corrected chi connectivity index (χ0v) is 16.1. The Morgan fingerprint density at radius 2 is 1.85 bits per heavy atom. The predicted octanol–water partition coefficient (Wildman–Crippen LogP) is 4.83. The molecule has 0 N–H and O–H groups in total. The lowest BCUT2D eigenvalue weighted by Gasteiger charge is -2.29. The highest BCUT2D eigenvalue weighted by Crippen LogP contribution is 2.26. The van der Waals surface area contributed by atoms with Crippen LogP contribution in [0.1, 0.15) is 37.3 Å². The van der Waals surface area contributed by atoms with E-state index in [4.69, 9.17) is 9.47 Å². The number of piperidine rings is 1. The summed E-state index contributed by atoms with van der Waals surface area (Å²) in [6, 6.07) is 16.0. The lowest BCUT2D eigenvalue weighted by molar-refractivity contribution is -0.133. The molecule has 0 spiro atoms. The van der Waals surface area contributed by atoms with Crippen LogP contribution in [0.2, 0.25) is 0 Å². The number of methoxy groups -OCH3 is 1. The molecule has 0 unspecified atom stereocenters. The number of esters is 1. The molecule has 1 heterocycles. The van der Waals surface area contributed by atoms with Crippen LogP contribution in [-0.4, -0.2) is 26.2 Å². The van der Waals surface area contributed by atoms with E-state index >= 15 is 0 Å². The monoisotopic (exact) mass is 365 g/mol. The van der Waals surface area contributed by atoms with Gasteiger partial charge in [0.05, 0.1) is 12.7 Å². The zero-order chi connectivity index (χ0) is 19.1. The van der Waals surface area contributed by atoms with Crippen LogP contribution >= 0.6 is 0 Å². The van der Waals surface area contributed by atoms with Gasteiger partial charge in [-0.15, -0.1) is 0 Å². The fourth-order valence-electron chi connectivity index (χ4n) is 3.49. The summed E-state index contributed by atoms with van der Waals surface area (Å²) in [4.78, 5) is 14.5. The summed E-state index contributed by atoms with van der Waals surface area (Å²) in [7, 11) is 1.40. The van der Waals surface area contributed by atoms with Crippen LogP contribution in [-0.2, 0) is 16.1 Å². The smallest absolute Gasteiger partial charge is 0.338 e. The number of hydrogen-bond acceptors (Lipinski definition) is 4. The van der Waals surface area contributed by atoms with Gasteiger partial charge in [-0.05, 0) is 49.4 Å². The SMILES string of the molecule is CC=C(C(=O)OC)c1ccccc1COc1cccc(N2CCCCC2)c1. The van der Waals surface area contributed by atoms with Crippen molar-refractivity contribution < 1.29 is 14.3 Å². The van der Waals surface area contributed by atoms with E-state index in [0.29, 0.717) is 12.2 Å². The molecule has 3 rings (SSSR count). The van der Waals surface area contributed by atoms with E-state index in [9.17, 15) is 4.79 Å². The molecular weight excluding hydrogens is 338 g/mol. The summed E-state index contributed by atoms with van der Waals surface area (Å²) < 4.78 is 11.0. The Labute approximate surface area is 161 Å². The largest absolute Gasteiger partial charge is 0.489 e. The fraction of sp³-hybridized carbons (Fsp3) is 0.348. The molecule has 4 nitrogen and oxygen atoms in total. The molecule has 0 aliphatic carbocycles. The van der Waals surface area contributed by atoms with Crippen molar-refractivity contribution in [2.45, 2.75) is 32.8 Å². The van der Waals surface area contributed by atoms with Gasteiger partial charge < -0.3 is 14.4 Å². The van der Waals surface area contributed by atoms with Crippen molar-refractivity contribution in [3.63, 3.8) is 0 Å². The van der Waals surface area contributed by atoms with Gasteiger partial charge in [-0.25, -0.2) is 4.79 Å². The van der Waals surface area contributed by atoms with Crippen LogP contribution in [0, 0.1) is 0 Å². The Bertz CT molecular complexity index is 807.